The van der Waals surface area contributed by atoms with E-state index in [1.54, 1.807) is 0 Å². The number of carbonyl (C=O) groups is 1. The number of nitrogen functional groups attached to an aromatic ring is 1. The highest BCUT2D eigenvalue weighted by Crippen LogP contribution is 2.17. The Kier molecular flexibility index (Phi) is 4.16. The minimum absolute atomic E-state index is 0.00362. The van der Waals surface area contributed by atoms with Crippen LogP contribution in [0.15, 0.2) is 30.3 Å². The lowest BCUT2D eigenvalue weighted by molar-refractivity contribution is 0.0950. The van der Waals surface area contributed by atoms with Crippen LogP contribution < -0.4 is 11.1 Å². The van der Waals surface area contributed by atoms with Crippen molar-refractivity contribution < 1.29 is 18.0 Å². The number of carbonyl (C=O) groups excluding carboxylic acids is 1. The first-order chi connectivity index (χ1) is 9.88. The van der Waals surface area contributed by atoms with Crippen molar-refractivity contribution in [2.24, 2.45) is 0 Å². The summed E-state index contributed by atoms with van der Waals surface area (Å²) < 4.78 is 39.9. The Morgan fingerprint density at radius 1 is 1.14 bits per heavy atom. The smallest absolute Gasteiger partial charge is 0.251 e. The zero-order valence-electron chi connectivity index (χ0n) is 11.2. The fraction of sp³-hybridized carbons (Fsp3) is 0.133. The molecule has 0 heterocycles. The molecule has 0 bridgehead atoms. The number of amides is 1. The fourth-order valence-electron chi connectivity index (χ4n) is 1.79. The monoisotopic (exact) mass is 294 g/mol. The molecule has 0 spiro atoms. The Morgan fingerprint density at radius 2 is 1.86 bits per heavy atom. The van der Waals surface area contributed by atoms with Crippen LogP contribution in [0.1, 0.15) is 21.5 Å². The summed E-state index contributed by atoms with van der Waals surface area (Å²) in [7, 11) is 0. The minimum atomic E-state index is -0.633. The Bertz CT molecular complexity index is 678. The second-order valence-corrected chi connectivity index (χ2v) is 4.59. The molecule has 1 amide bonds. The zero-order valence-corrected chi connectivity index (χ0v) is 11.2. The van der Waals surface area contributed by atoms with E-state index in [1.165, 1.54) is 13.0 Å². The van der Waals surface area contributed by atoms with E-state index in [2.05, 4.69) is 5.32 Å². The van der Waals surface area contributed by atoms with Gasteiger partial charge in [0, 0.05) is 28.9 Å². The molecule has 0 aliphatic carbocycles. The number of rotatable bonds is 3. The van der Waals surface area contributed by atoms with Crippen LogP contribution in [0.2, 0.25) is 0 Å². The van der Waals surface area contributed by atoms with Gasteiger partial charge in [0.1, 0.15) is 17.5 Å². The Balaban J connectivity index is 2.13. The van der Waals surface area contributed by atoms with Gasteiger partial charge in [-0.3, -0.25) is 4.79 Å². The summed E-state index contributed by atoms with van der Waals surface area (Å²) in [5.41, 5.74) is 6.01. The van der Waals surface area contributed by atoms with Crippen LogP contribution in [-0.4, -0.2) is 5.91 Å². The predicted molar refractivity (Wildman–Crippen MR) is 73.1 cm³/mol. The van der Waals surface area contributed by atoms with Crippen molar-refractivity contribution in [2.75, 3.05) is 5.73 Å². The van der Waals surface area contributed by atoms with Crippen LogP contribution in [0.5, 0.6) is 0 Å². The van der Waals surface area contributed by atoms with Gasteiger partial charge in [-0.25, -0.2) is 13.2 Å². The molecule has 0 unspecified atom stereocenters. The first-order valence-electron chi connectivity index (χ1n) is 6.16. The summed E-state index contributed by atoms with van der Waals surface area (Å²) in [6.07, 6.45) is 0. The predicted octanol–water partition coefficient (Wildman–Crippen LogP) is 2.92. The molecular weight excluding hydrogens is 281 g/mol. The third-order valence-corrected chi connectivity index (χ3v) is 3.09. The molecule has 0 fully saturated rings. The molecule has 2 aromatic carbocycles. The van der Waals surface area contributed by atoms with Gasteiger partial charge in [0.25, 0.3) is 5.91 Å². The summed E-state index contributed by atoms with van der Waals surface area (Å²) in [4.78, 5) is 11.9. The zero-order chi connectivity index (χ0) is 15.6. The molecule has 3 nitrogen and oxygen atoms in total. The highest BCUT2D eigenvalue weighted by Gasteiger charge is 2.12. The van der Waals surface area contributed by atoms with E-state index in [0.717, 1.165) is 24.3 Å². The van der Waals surface area contributed by atoms with Crippen molar-refractivity contribution in [3.05, 3.63) is 64.5 Å². The summed E-state index contributed by atoms with van der Waals surface area (Å²) in [6, 6.07) is 5.31. The van der Waals surface area contributed by atoms with Crippen LogP contribution in [0.4, 0.5) is 18.9 Å². The lowest BCUT2D eigenvalue weighted by Gasteiger charge is -2.09. The van der Waals surface area contributed by atoms with Crippen LogP contribution in [0.25, 0.3) is 0 Å². The van der Waals surface area contributed by atoms with E-state index in [0.29, 0.717) is 0 Å². The van der Waals surface area contributed by atoms with Gasteiger partial charge in [-0.15, -0.1) is 0 Å². The van der Waals surface area contributed by atoms with E-state index in [9.17, 15) is 18.0 Å². The molecule has 0 aliphatic rings. The second-order valence-electron chi connectivity index (χ2n) is 4.59. The molecule has 0 saturated carbocycles. The van der Waals surface area contributed by atoms with Crippen molar-refractivity contribution in [3.8, 4) is 0 Å². The van der Waals surface area contributed by atoms with Crippen molar-refractivity contribution in [2.45, 2.75) is 13.5 Å². The summed E-state index contributed by atoms with van der Waals surface area (Å²) >= 11 is 0. The Hall–Kier alpha value is -2.50. The quantitative estimate of drug-likeness (QED) is 0.855. The van der Waals surface area contributed by atoms with Gasteiger partial charge in [0.05, 0.1) is 0 Å². The maximum atomic E-state index is 13.5. The summed E-state index contributed by atoms with van der Waals surface area (Å²) in [6.45, 7) is 1.28. The minimum Gasteiger partial charge on any atom is -0.398 e. The molecule has 0 aliphatic heterocycles. The third kappa shape index (κ3) is 3.34. The van der Waals surface area contributed by atoms with Crippen LogP contribution >= 0.6 is 0 Å². The van der Waals surface area contributed by atoms with E-state index in [4.69, 9.17) is 5.73 Å². The van der Waals surface area contributed by atoms with Crippen molar-refractivity contribution >= 4 is 11.6 Å². The SMILES string of the molecule is Cc1c(N)cc(C(=O)NCc2cc(F)ccc2F)cc1F. The number of anilines is 1. The van der Waals surface area contributed by atoms with Crippen LogP contribution in [0, 0.1) is 24.4 Å². The second kappa shape index (κ2) is 5.87. The number of nitrogens with two attached hydrogens (primary N) is 1. The van der Waals surface area contributed by atoms with E-state index >= 15 is 0 Å². The number of benzene rings is 2. The van der Waals surface area contributed by atoms with Gasteiger partial charge in [-0.1, -0.05) is 0 Å². The first kappa shape index (κ1) is 14.9. The standard InChI is InChI=1S/C15H13F3N2O/c1-8-13(18)5-9(6-14(8)19)15(21)20-7-10-4-11(16)2-3-12(10)17/h2-6H,7,19H2,1H3,(H,20,21). The average molecular weight is 294 g/mol. The van der Waals surface area contributed by atoms with Gasteiger partial charge in [0.15, 0.2) is 0 Å². The molecule has 6 heteroatoms. The topological polar surface area (TPSA) is 55.1 Å². The lowest BCUT2D eigenvalue weighted by atomic mass is 10.1. The molecule has 21 heavy (non-hydrogen) atoms. The maximum Gasteiger partial charge on any atom is 0.251 e. The molecule has 0 saturated heterocycles. The summed E-state index contributed by atoms with van der Waals surface area (Å²) in [5.74, 6) is -2.46. The van der Waals surface area contributed by atoms with E-state index in [1.807, 2.05) is 0 Å². The highest BCUT2D eigenvalue weighted by atomic mass is 19.1. The molecule has 3 N–H and O–H groups in total. The van der Waals surface area contributed by atoms with Gasteiger partial charge >= 0.3 is 0 Å². The van der Waals surface area contributed by atoms with Crippen molar-refractivity contribution in [3.63, 3.8) is 0 Å². The van der Waals surface area contributed by atoms with E-state index in [-0.39, 0.29) is 28.9 Å². The lowest BCUT2D eigenvalue weighted by Crippen LogP contribution is -2.23. The largest absolute Gasteiger partial charge is 0.398 e. The fourth-order valence-corrected chi connectivity index (χ4v) is 1.79. The molecular formula is C15H13F3N2O. The Labute approximate surface area is 119 Å². The van der Waals surface area contributed by atoms with Gasteiger partial charge in [0.2, 0.25) is 0 Å². The highest BCUT2D eigenvalue weighted by molar-refractivity contribution is 5.95. The van der Waals surface area contributed by atoms with E-state index < -0.39 is 23.4 Å². The molecule has 0 atom stereocenters. The van der Waals surface area contributed by atoms with Crippen molar-refractivity contribution in [1.82, 2.24) is 5.32 Å². The third-order valence-electron chi connectivity index (χ3n) is 3.09. The normalized spacial score (nSPS) is 10.5. The first-order valence-corrected chi connectivity index (χ1v) is 6.16. The number of hydrogen-bond donors (Lipinski definition) is 2. The van der Waals surface area contributed by atoms with Crippen molar-refractivity contribution in [1.29, 1.82) is 0 Å². The van der Waals surface area contributed by atoms with Gasteiger partial charge in [-0.05, 0) is 37.3 Å². The molecule has 2 rings (SSSR count). The summed E-state index contributed by atoms with van der Waals surface area (Å²) in [5, 5.41) is 2.39. The number of halogens is 3. The van der Waals surface area contributed by atoms with Gasteiger partial charge in [-0.2, -0.15) is 0 Å². The average Bonchev–Trinajstić information content (AvgIpc) is 2.44. The molecule has 0 aromatic heterocycles. The molecule has 0 radical (unpaired) electrons. The maximum absolute atomic E-state index is 13.5. The number of nitrogens with one attached hydrogen (secondary N) is 1. The molecule has 2 aromatic rings. The van der Waals surface area contributed by atoms with Crippen LogP contribution in [0.3, 0.4) is 0 Å². The Morgan fingerprint density at radius 3 is 2.52 bits per heavy atom. The molecule has 110 valence electrons. The van der Waals surface area contributed by atoms with Crippen LogP contribution in [-0.2, 0) is 6.54 Å². The van der Waals surface area contributed by atoms with Gasteiger partial charge < -0.3 is 11.1 Å². The number of hydrogen-bond acceptors (Lipinski definition) is 2.